The van der Waals surface area contributed by atoms with Crippen LogP contribution in [0.25, 0.3) is 11.4 Å². The molecule has 0 bridgehead atoms. The van der Waals surface area contributed by atoms with Crippen LogP contribution >= 0.6 is 0 Å². The van der Waals surface area contributed by atoms with E-state index in [4.69, 9.17) is 0 Å². The van der Waals surface area contributed by atoms with Gasteiger partial charge in [0.05, 0.1) is 11.9 Å². The Balaban J connectivity index is 1.87. The highest BCUT2D eigenvalue weighted by atomic mass is 19.1. The second-order valence-corrected chi connectivity index (χ2v) is 6.10. The lowest BCUT2D eigenvalue weighted by Crippen LogP contribution is -2.58. The summed E-state index contributed by atoms with van der Waals surface area (Å²) in [6.45, 7) is 5.80. The molecule has 7 heteroatoms. The number of hydrogen-bond acceptors (Lipinski definition) is 4. The van der Waals surface area contributed by atoms with Crippen LogP contribution in [0.1, 0.15) is 32.3 Å². The van der Waals surface area contributed by atoms with Crippen molar-refractivity contribution in [3.05, 3.63) is 35.9 Å². The molecule has 1 saturated heterocycles. The summed E-state index contributed by atoms with van der Waals surface area (Å²) in [7, 11) is 0. The number of hydrogen-bond donors (Lipinski definition) is 1. The Morgan fingerprint density at radius 1 is 1.42 bits per heavy atom. The van der Waals surface area contributed by atoms with Gasteiger partial charge in [0.25, 0.3) is 0 Å². The first-order chi connectivity index (χ1) is 11.5. The van der Waals surface area contributed by atoms with E-state index in [1.54, 1.807) is 17.9 Å². The highest BCUT2D eigenvalue weighted by Gasteiger charge is 2.37. The predicted molar refractivity (Wildman–Crippen MR) is 89.0 cm³/mol. The Morgan fingerprint density at radius 3 is 2.83 bits per heavy atom. The average Bonchev–Trinajstić information content (AvgIpc) is 2.55. The molecule has 1 aromatic heterocycles. The number of nitrogens with zero attached hydrogens (tertiary/aromatic N) is 4. The van der Waals surface area contributed by atoms with Gasteiger partial charge in [-0.3, -0.25) is 0 Å². The third kappa shape index (κ3) is 2.93. The van der Waals surface area contributed by atoms with E-state index in [2.05, 4.69) is 20.5 Å². The Morgan fingerprint density at radius 2 is 2.21 bits per heavy atom. The molecule has 1 aliphatic rings. The summed E-state index contributed by atoms with van der Waals surface area (Å²) in [6.07, 6.45) is 4.87. The number of amides is 2. The first kappa shape index (κ1) is 16.3. The lowest BCUT2D eigenvalue weighted by Gasteiger charge is -2.46. The lowest BCUT2D eigenvalue weighted by molar-refractivity contribution is 0.0688. The fourth-order valence-corrected chi connectivity index (χ4v) is 3.13. The molecular formula is C17H20FN5O. The van der Waals surface area contributed by atoms with Crippen molar-refractivity contribution in [2.24, 2.45) is 0 Å². The van der Waals surface area contributed by atoms with E-state index in [-0.39, 0.29) is 23.8 Å². The minimum atomic E-state index is -0.477. The molecule has 1 aliphatic heterocycles. The Hall–Kier alpha value is -2.57. The van der Waals surface area contributed by atoms with Crippen LogP contribution in [0.2, 0.25) is 0 Å². The van der Waals surface area contributed by atoms with Gasteiger partial charge in [0.15, 0.2) is 5.82 Å². The molecule has 6 nitrogen and oxygen atoms in total. The molecule has 1 N–H and O–H groups in total. The molecule has 0 saturated carbocycles. The van der Waals surface area contributed by atoms with Crippen LogP contribution in [0, 0.1) is 12.7 Å². The largest absolute Gasteiger partial charge is 0.322 e. The molecule has 1 aromatic carbocycles. The van der Waals surface area contributed by atoms with E-state index in [1.165, 1.54) is 18.5 Å². The highest BCUT2D eigenvalue weighted by Crippen LogP contribution is 2.30. The quantitative estimate of drug-likeness (QED) is 0.937. The molecular weight excluding hydrogens is 309 g/mol. The molecule has 2 unspecified atom stereocenters. The molecule has 2 atom stereocenters. The van der Waals surface area contributed by atoms with Gasteiger partial charge in [-0.05, 0) is 44.4 Å². The van der Waals surface area contributed by atoms with Gasteiger partial charge in [0.2, 0.25) is 0 Å². The van der Waals surface area contributed by atoms with Gasteiger partial charge >= 0.3 is 6.03 Å². The average molecular weight is 329 g/mol. The maximum absolute atomic E-state index is 14.3. The Labute approximate surface area is 140 Å². The van der Waals surface area contributed by atoms with Crippen molar-refractivity contribution in [1.29, 1.82) is 0 Å². The minimum absolute atomic E-state index is 0.127. The van der Waals surface area contributed by atoms with Crippen molar-refractivity contribution in [1.82, 2.24) is 20.1 Å². The third-order valence-electron chi connectivity index (χ3n) is 4.47. The Kier molecular flexibility index (Phi) is 4.42. The second-order valence-electron chi connectivity index (χ2n) is 6.10. The molecule has 2 aromatic rings. The number of aryl methyl sites for hydroxylation is 1. The van der Waals surface area contributed by atoms with E-state index in [0.29, 0.717) is 17.0 Å². The second kappa shape index (κ2) is 6.51. The van der Waals surface area contributed by atoms with Crippen LogP contribution in [-0.2, 0) is 0 Å². The number of aromatic nitrogens is 3. The molecule has 126 valence electrons. The zero-order valence-corrected chi connectivity index (χ0v) is 14.0. The number of nitrogens with one attached hydrogen (secondary N) is 1. The number of carbonyl (C=O) groups excluding carboxylic acids is 1. The smallest absolute Gasteiger partial charge is 0.319 e. The molecule has 24 heavy (non-hydrogen) atoms. The number of urea groups is 1. The molecule has 3 rings (SSSR count). The van der Waals surface area contributed by atoms with Gasteiger partial charge in [0.1, 0.15) is 5.82 Å². The van der Waals surface area contributed by atoms with Crippen LogP contribution in [0.5, 0.6) is 0 Å². The van der Waals surface area contributed by atoms with Crippen molar-refractivity contribution < 1.29 is 9.18 Å². The van der Waals surface area contributed by atoms with Crippen LogP contribution in [0.15, 0.2) is 24.5 Å². The zero-order chi connectivity index (χ0) is 17.3. The predicted octanol–water partition coefficient (Wildman–Crippen LogP) is 3.39. The van der Waals surface area contributed by atoms with E-state index in [0.717, 1.165) is 12.8 Å². The van der Waals surface area contributed by atoms with Crippen molar-refractivity contribution in [3.63, 3.8) is 0 Å². The monoisotopic (exact) mass is 329 g/mol. The SMILES string of the molecule is CCC1CC(C)N1C(=O)Nc1cc(-c2nccnn2)c(C)cc1F. The topological polar surface area (TPSA) is 71.0 Å². The molecule has 0 aliphatic carbocycles. The maximum atomic E-state index is 14.3. The summed E-state index contributed by atoms with van der Waals surface area (Å²) in [5, 5.41) is 10.4. The standard InChI is InChI=1S/C17H20FN5O/c1-4-12-8-11(3)23(12)17(24)21-15-9-13(10(2)7-14(15)18)16-19-5-6-20-22-16/h5-7,9,11-12H,4,8H2,1-3H3,(H,21,24). The first-order valence-electron chi connectivity index (χ1n) is 8.04. The number of halogens is 1. The van der Waals surface area contributed by atoms with Crippen molar-refractivity contribution >= 4 is 11.7 Å². The maximum Gasteiger partial charge on any atom is 0.322 e. The summed E-state index contributed by atoms with van der Waals surface area (Å²) in [5.74, 6) is -0.0797. The van der Waals surface area contributed by atoms with Gasteiger partial charge < -0.3 is 10.2 Å². The van der Waals surface area contributed by atoms with Crippen LogP contribution in [0.3, 0.4) is 0 Å². The Bertz CT molecular complexity index is 752. The van der Waals surface area contributed by atoms with E-state index >= 15 is 0 Å². The van der Waals surface area contributed by atoms with Gasteiger partial charge in [-0.25, -0.2) is 14.2 Å². The molecule has 2 heterocycles. The summed E-state index contributed by atoms with van der Waals surface area (Å²) in [4.78, 5) is 18.4. The van der Waals surface area contributed by atoms with Crippen molar-refractivity contribution in [3.8, 4) is 11.4 Å². The fraction of sp³-hybridized carbons (Fsp3) is 0.412. The molecule has 2 amide bonds. The fourth-order valence-electron chi connectivity index (χ4n) is 3.13. The van der Waals surface area contributed by atoms with E-state index in [1.807, 2.05) is 13.8 Å². The van der Waals surface area contributed by atoms with Gasteiger partial charge in [0, 0.05) is 23.8 Å². The van der Waals surface area contributed by atoms with E-state index in [9.17, 15) is 9.18 Å². The van der Waals surface area contributed by atoms with Crippen molar-refractivity contribution in [2.75, 3.05) is 5.32 Å². The lowest BCUT2D eigenvalue weighted by atomic mass is 9.93. The summed E-state index contributed by atoms with van der Waals surface area (Å²) < 4.78 is 14.3. The molecule has 0 spiro atoms. The number of carbonyl (C=O) groups is 1. The third-order valence-corrected chi connectivity index (χ3v) is 4.47. The summed E-state index contributed by atoms with van der Waals surface area (Å²) in [5.41, 5.74) is 1.45. The molecule has 1 fully saturated rings. The van der Waals surface area contributed by atoms with Gasteiger partial charge in [-0.2, -0.15) is 5.10 Å². The highest BCUT2D eigenvalue weighted by molar-refractivity contribution is 5.91. The summed E-state index contributed by atoms with van der Waals surface area (Å²) >= 11 is 0. The van der Waals surface area contributed by atoms with Gasteiger partial charge in [-0.15, -0.1) is 5.10 Å². The number of likely N-dealkylation sites (tertiary alicyclic amines) is 1. The van der Waals surface area contributed by atoms with Crippen LogP contribution in [-0.4, -0.2) is 38.2 Å². The number of benzene rings is 1. The number of rotatable bonds is 3. The zero-order valence-electron chi connectivity index (χ0n) is 14.0. The first-order valence-corrected chi connectivity index (χ1v) is 8.04. The summed E-state index contributed by atoms with van der Waals surface area (Å²) in [6, 6.07) is 3.05. The van der Waals surface area contributed by atoms with Crippen molar-refractivity contribution in [2.45, 2.75) is 45.7 Å². The van der Waals surface area contributed by atoms with Crippen LogP contribution < -0.4 is 5.32 Å². The van der Waals surface area contributed by atoms with Crippen LogP contribution in [0.4, 0.5) is 14.9 Å². The minimum Gasteiger partial charge on any atom is -0.319 e. The number of anilines is 1. The van der Waals surface area contributed by atoms with Gasteiger partial charge in [-0.1, -0.05) is 6.92 Å². The normalized spacial score (nSPS) is 19.8. The van der Waals surface area contributed by atoms with E-state index < -0.39 is 5.82 Å². The molecule has 0 radical (unpaired) electrons.